The van der Waals surface area contributed by atoms with Crippen LogP contribution in [0.25, 0.3) is 17.5 Å². The molecule has 1 aromatic heterocycles. The van der Waals surface area contributed by atoms with Crippen molar-refractivity contribution in [1.82, 2.24) is 19.3 Å². The summed E-state index contributed by atoms with van der Waals surface area (Å²) in [7, 11) is -2.70. The molecule has 146 valence electrons. The van der Waals surface area contributed by atoms with E-state index in [0.29, 0.717) is 5.69 Å². The summed E-state index contributed by atoms with van der Waals surface area (Å²) < 4.78 is 27.7. The minimum atomic E-state index is -3.93. The third-order valence-electron chi connectivity index (χ3n) is 4.49. The van der Waals surface area contributed by atoms with Gasteiger partial charge in [0.05, 0.1) is 16.8 Å². The van der Waals surface area contributed by atoms with Gasteiger partial charge in [0.2, 0.25) is 5.78 Å². The topological polar surface area (TPSA) is 105 Å². The summed E-state index contributed by atoms with van der Waals surface area (Å²) in [4.78, 5) is 12.7. The monoisotopic (exact) mass is 408 g/mol. The first-order chi connectivity index (χ1) is 13.9. The van der Waals surface area contributed by atoms with Crippen LogP contribution in [0.2, 0.25) is 0 Å². The number of sulfonamides is 1. The van der Waals surface area contributed by atoms with E-state index in [4.69, 9.17) is 0 Å². The van der Waals surface area contributed by atoms with Crippen LogP contribution < -0.4 is 0 Å². The van der Waals surface area contributed by atoms with Gasteiger partial charge < -0.3 is 5.11 Å². The van der Waals surface area contributed by atoms with Crippen LogP contribution in [-0.4, -0.2) is 45.7 Å². The molecule has 0 bridgehead atoms. The van der Waals surface area contributed by atoms with E-state index >= 15 is 0 Å². The van der Waals surface area contributed by atoms with Gasteiger partial charge in [-0.25, -0.2) is 13.1 Å². The third kappa shape index (κ3) is 3.21. The second-order valence-electron chi connectivity index (χ2n) is 6.29. The molecule has 9 heteroatoms. The molecule has 3 aromatic rings. The summed E-state index contributed by atoms with van der Waals surface area (Å²) in [5.74, 6) is -1.06. The SMILES string of the molecule is CN1C(C(=O)/C=C/c2cn(-c3ccccc3)nn2)=C(O)c2ccccc2S1(=O)=O. The standard InChI is InChI=1S/C20H16N4O4S/c1-23-19(20(26)16-9-5-6-10-18(16)29(23,27)28)17(25)12-11-14-13-24(22-21-14)15-7-3-2-4-8-15/h2-13,26H,1H3/b12-11+. The molecule has 1 aliphatic rings. The number of hydrogen-bond acceptors (Lipinski definition) is 6. The molecule has 4 rings (SSSR count). The fourth-order valence-electron chi connectivity index (χ4n) is 3.00. The van der Waals surface area contributed by atoms with E-state index in [-0.39, 0.29) is 21.9 Å². The average Bonchev–Trinajstić information content (AvgIpc) is 3.21. The van der Waals surface area contributed by atoms with Gasteiger partial charge in [-0.15, -0.1) is 5.10 Å². The second kappa shape index (κ2) is 7.02. The highest BCUT2D eigenvalue weighted by Gasteiger charge is 2.36. The van der Waals surface area contributed by atoms with E-state index in [0.717, 1.165) is 16.1 Å². The normalized spacial score (nSPS) is 15.6. The van der Waals surface area contributed by atoms with Crippen LogP contribution in [0.1, 0.15) is 11.3 Å². The van der Waals surface area contributed by atoms with E-state index < -0.39 is 15.8 Å². The molecule has 0 spiro atoms. The number of para-hydroxylation sites is 1. The Bertz CT molecular complexity index is 1260. The zero-order valence-corrected chi connectivity index (χ0v) is 16.1. The van der Waals surface area contributed by atoms with Crippen molar-refractivity contribution in [1.29, 1.82) is 0 Å². The second-order valence-corrected chi connectivity index (χ2v) is 8.22. The Labute approximate surface area is 167 Å². The number of benzene rings is 2. The van der Waals surface area contributed by atoms with Crippen LogP contribution in [0.3, 0.4) is 0 Å². The van der Waals surface area contributed by atoms with E-state index in [9.17, 15) is 18.3 Å². The number of likely N-dealkylation sites (N-methyl/N-ethyl adjacent to an activating group) is 1. The molecule has 0 radical (unpaired) electrons. The zero-order chi connectivity index (χ0) is 20.6. The average molecular weight is 408 g/mol. The molecule has 0 unspecified atom stereocenters. The maximum atomic E-state index is 12.7. The van der Waals surface area contributed by atoms with Crippen molar-refractivity contribution in [3.63, 3.8) is 0 Å². The van der Waals surface area contributed by atoms with Crippen LogP contribution in [0.15, 0.2) is 77.5 Å². The maximum absolute atomic E-state index is 12.7. The Hall–Kier alpha value is -3.72. The van der Waals surface area contributed by atoms with Crippen molar-refractivity contribution in [3.05, 3.63) is 83.8 Å². The Balaban J connectivity index is 1.66. The van der Waals surface area contributed by atoms with Crippen molar-refractivity contribution >= 4 is 27.6 Å². The predicted molar refractivity (Wildman–Crippen MR) is 106 cm³/mol. The Morgan fingerprint density at radius 1 is 1.07 bits per heavy atom. The number of aliphatic hydroxyl groups is 1. The van der Waals surface area contributed by atoms with Crippen LogP contribution in [-0.2, 0) is 14.8 Å². The minimum Gasteiger partial charge on any atom is -0.505 e. The first-order valence-electron chi connectivity index (χ1n) is 8.61. The summed E-state index contributed by atoms with van der Waals surface area (Å²) in [5.41, 5.74) is 0.984. The minimum absolute atomic E-state index is 0.0497. The molecule has 1 N–H and O–H groups in total. The van der Waals surface area contributed by atoms with Gasteiger partial charge in [-0.1, -0.05) is 35.5 Å². The molecule has 0 amide bonds. The first kappa shape index (κ1) is 18.6. The van der Waals surface area contributed by atoms with Crippen molar-refractivity contribution in [2.24, 2.45) is 0 Å². The number of hydrogen-bond donors (Lipinski definition) is 1. The van der Waals surface area contributed by atoms with Crippen molar-refractivity contribution in [3.8, 4) is 5.69 Å². The predicted octanol–water partition coefficient (Wildman–Crippen LogP) is 2.41. The molecule has 1 aliphatic heterocycles. The summed E-state index contributed by atoms with van der Waals surface area (Å²) >= 11 is 0. The summed E-state index contributed by atoms with van der Waals surface area (Å²) in [5, 5.41) is 18.5. The van der Waals surface area contributed by atoms with Crippen LogP contribution >= 0.6 is 0 Å². The number of fused-ring (bicyclic) bond motifs is 1. The van der Waals surface area contributed by atoms with E-state index in [1.165, 1.54) is 25.3 Å². The molecule has 0 fully saturated rings. The summed E-state index contributed by atoms with van der Waals surface area (Å²) in [6, 6.07) is 15.3. The fourth-order valence-corrected chi connectivity index (χ4v) is 4.41. The first-order valence-corrected chi connectivity index (χ1v) is 10.1. The molecule has 0 saturated heterocycles. The van der Waals surface area contributed by atoms with Gasteiger partial charge >= 0.3 is 0 Å². The number of nitrogens with zero attached hydrogens (tertiary/aromatic N) is 4. The quantitative estimate of drug-likeness (QED) is 0.665. The van der Waals surface area contributed by atoms with Gasteiger partial charge in [0, 0.05) is 12.6 Å². The number of ketones is 1. The Morgan fingerprint density at radius 2 is 1.76 bits per heavy atom. The smallest absolute Gasteiger partial charge is 0.265 e. The largest absolute Gasteiger partial charge is 0.505 e. The third-order valence-corrected chi connectivity index (χ3v) is 6.31. The van der Waals surface area contributed by atoms with Crippen molar-refractivity contribution in [2.75, 3.05) is 7.05 Å². The lowest BCUT2D eigenvalue weighted by atomic mass is 10.1. The lowest BCUT2D eigenvalue weighted by molar-refractivity contribution is -0.112. The van der Waals surface area contributed by atoms with Crippen LogP contribution in [0, 0.1) is 0 Å². The zero-order valence-electron chi connectivity index (χ0n) is 15.3. The molecule has 0 aliphatic carbocycles. The summed E-state index contributed by atoms with van der Waals surface area (Å²) in [6.07, 6.45) is 4.20. The molecular formula is C20H16N4O4S. The van der Waals surface area contributed by atoms with Gasteiger partial charge in [0.15, 0.2) is 5.76 Å². The molecule has 29 heavy (non-hydrogen) atoms. The number of carbonyl (C=O) groups is 1. The molecule has 2 aromatic carbocycles. The summed E-state index contributed by atoms with van der Waals surface area (Å²) in [6.45, 7) is 0. The lowest BCUT2D eigenvalue weighted by Crippen LogP contribution is -2.34. The van der Waals surface area contributed by atoms with Gasteiger partial charge in [0.25, 0.3) is 10.0 Å². The Kier molecular flexibility index (Phi) is 4.51. The Morgan fingerprint density at radius 3 is 2.52 bits per heavy atom. The molecule has 2 heterocycles. The van der Waals surface area contributed by atoms with Gasteiger partial charge in [0.1, 0.15) is 11.4 Å². The van der Waals surface area contributed by atoms with E-state index in [2.05, 4.69) is 10.3 Å². The van der Waals surface area contributed by atoms with Gasteiger partial charge in [-0.2, -0.15) is 0 Å². The molecule has 0 atom stereocenters. The number of allylic oxidation sites excluding steroid dienone is 1. The van der Waals surface area contributed by atoms with Gasteiger partial charge in [-0.05, 0) is 36.4 Å². The highest BCUT2D eigenvalue weighted by atomic mass is 32.2. The number of rotatable bonds is 4. The number of aliphatic hydroxyl groups excluding tert-OH is 1. The highest BCUT2D eigenvalue weighted by Crippen LogP contribution is 2.34. The molecular weight excluding hydrogens is 392 g/mol. The van der Waals surface area contributed by atoms with Crippen LogP contribution in [0.5, 0.6) is 0 Å². The highest BCUT2D eigenvalue weighted by molar-refractivity contribution is 7.89. The fraction of sp³-hybridized carbons (Fsp3) is 0.0500. The number of aromatic nitrogens is 3. The van der Waals surface area contributed by atoms with Gasteiger partial charge in [-0.3, -0.25) is 9.10 Å². The molecule has 8 nitrogen and oxygen atoms in total. The lowest BCUT2D eigenvalue weighted by Gasteiger charge is -2.27. The van der Waals surface area contributed by atoms with Crippen molar-refractivity contribution < 1.29 is 18.3 Å². The maximum Gasteiger partial charge on any atom is 0.265 e. The molecule has 0 saturated carbocycles. The van der Waals surface area contributed by atoms with Crippen molar-refractivity contribution in [2.45, 2.75) is 4.90 Å². The number of carbonyl (C=O) groups excluding carboxylic acids is 1. The van der Waals surface area contributed by atoms with E-state index in [1.54, 1.807) is 23.0 Å². The van der Waals surface area contributed by atoms with E-state index in [1.807, 2.05) is 30.3 Å². The van der Waals surface area contributed by atoms with Crippen LogP contribution in [0.4, 0.5) is 0 Å².